The Morgan fingerprint density at radius 1 is 1.00 bits per heavy atom. The average Bonchev–Trinajstić information content (AvgIpc) is 3.55. The number of aliphatic hydroxyl groups excluding tert-OH is 1. The number of ether oxygens (including phenoxy) is 1. The van der Waals surface area contributed by atoms with Gasteiger partial charge in [-0.3, -0.25) is 9.59 Å². The van der Waals surface area contributed by atoms with Crippen LogP contribution in [0.3, 0.4) is 0 Å². The quantitative estimate of drug-likeness (QED) is 0.0855. The van der Waals surface area contributed by atoms with Crippen LogP contribution in [0.4, 0.5) is 10.5 Å². The predicted molar refractivity (Wildman–Crippen MR) is 205 cm³/mol. The number of thiazole rings is 1. The van der Waals surface area contributed by atoms with Crippen LogP contribution in [0.15, 0.2) is 29.6 Å². The van der Waals surface area contributed by atoms with Gasteiger partial charge < -0.3 is 30.7 Å². The highest BCUT2D eigenvalue weighted by Crippen LogP contribution is 2.32. The van der Waals surface area contributed by atoms with Gasteiger partial charge in [0.15, 0.2) is 6.10 Å². The number of aromatic nitrogens is 1. The second-order valence-corrected chi connectivity index (χ2v) is 15.7. The molecule has 282 valence electrons. The molecule has 2 rings (SSSR count). The van der Waals surface area contributed by atoms with Crippen LogP contribution in [0, 0.1) is 11.3 Å². The zero-order chi connectivity index (χ0) is 37.1. The number of benzene rings is 1. The highest BCUT2D eigenvalue weighted by Gasteiger charge is 2.33. The fourth-order valence-corrected chi connectivity index (χ4v) is 6.94. The topological polar surface area (TPSA) is 133 Å². The van der Waals surface area contributed by atoms with Gasteiger partial charge >= 0.3 is 6.09 Å². The Hall–Kier alpha value is -3.18. The molecule has 0 radical (unpaired) electrons. The lowest BCUT2D eigenvalue weighted by Gasteiger charge is -2.36. The molecule has 11 heteroatoms. The van der Waals surface area contributed by atoms with Gasteiger partial charge in [0, 0.05) is 55.6 Å². The number of carbonyl (C=O) groups is 3. The third-order valence-electron chi connectivity index (χ3n) is 8.61. The first-order valence-corrected chi connectivity index (χ1v) is 19.6. The molecule has 1 heterocycles. The van der Waals surface area contributed by atoms with Crippen LogP contribution in [-0.2, 0) is 16.0 Å². The van der Waals surface area contributed by atoms with Crippen molar-refractivity contribution in [3.8, 4) is 0 Å². The molecule has 0 bridgehead atoms. The minimum absolute atomic E-state index is 0.0256. The largest absolute Gasteiger partial charge is 0.439 e. The van der Waals surface area contributed by atoms with Crippen molar-refractivity contribution < 1.29 is 24.2 Å². The summed E-state index contributed by atoms with van der Waals surface area (Å²) >= 11 is 1.31. The van der Waals surface area contributed by atoms with Crippen molar-refractivity contribution in [2.24, 2.45) is 11.3 Å². The van der Waals surface area contributed by atoms with Crippen molar-refractivity contribution in [1.82, 2.24) is 20.5 Å². The fraction of sp³-hybridized carbons (Fsp3) is 0.692. The predicted octanol–water partition coefficient (Wildman–Crippen LogP) is 8.13. The molecular formula is C39H65N5O5S. The summed E-state index contributed by atoms with van der Waals surface area (Å²) in [5, 5.41) is 20.5. The first-order chi connectivity index (χ1) is 23.8. The summed E-state index contributed by atoms with van der Waals surface area (Å²) in [7, 11) is 0. The number of hydrogen-bond acceptors (Lipinski definition) is 8. The van der Waals surface area contributed by atoms with Gasteiger partial charge in [0.2, 0.25) is 5.91 Å². The third-order valence-corrected chi connectivity index (χ3v) is 9.55. The fourth-order valence-electron chi connectivity index (χ4n) is 6.11. The molecule has 3 unspecified atom stereocenters. The Morgan fingerprint density at radius 3 is 2.30 bits per heavy atom. The lowest BCUT2D eigenvalue weighted by molar-refractivity contribution is -0.135. The van der Waals surface area contributed by atoms with Gasteiger partial charge in [-0.05, 0) is 61.6 Å². The minimum atomic E-state index is -0.721. The molecule has 4 N–H and O–H groups in total. The first-order valence-electron chi connectivity index (χ1n) is 18.8. The molecule has 1 aromatic heterocycles. The van der Waals surface area contributed by atoms with Gasteiger partial charge in [0.25, 0.3) is 5.91 Å². The summed E-state index contributed by atoms with van der Waals surface area (Å²) in [6, 6.07) is 7.75. The van der Waals surface area contributed by atoms with E-state index >= 15 is 0 Å². The molecule has 1 aromatic carbocycles. The van der Waals surface area contributed by atoms with E-state index in [9.17, 15) is 14.4 Å². The second kappa shape index (κ2) is 22.6. The number of alkyl carbamates (subject to hydrolysis) is 1. The highest BCUT2D eigenvalue weighted by molar-refractivity contribution is 7.09. The Balaban J connectivity index is 2.33. The number of unbranched alkanes of at least 4 members (excludes halogenated alkanes) is 4. The molecule has 0 spiro atoms. The summed E-state index contributed by atoms with van der Waals surface area (Å²) in [5.74, 6) is -0.0149. The van der Waals surface area contributed by atoms with Crippen LogP contribution in [0.25, 0.3) is 0 Å². The number of nitrogens with one attached hydrogen (secondary N) is 3. The van der Waals surface area contributed by atoms with E-state index in [1.165, 1.54) is 11.3 Å². The Kier molecular flexibility index (Phi) is 19.4. The van der Waals surface area contributed by atoms with Crippen molar-refractivity contribution in [3.63, 3.8) is 0 Å². The number of rotatable bonds is 23. The van der Waals surface area contributed by atoms with Crippen molar-refractivity contribution >= 4 is 34.9 Å². The van der Waals surface area contributed by atoms with Gasteiger partial charge in [-0.1, -0.05) is 86.3 Å². The van der Waals surface area contributed by atoms with Crippen LogP contribution >= 0.6 is 11.3 Å². The van der Waals surface area contributed by atoms with Gasteiger partial charge in [0.1, 0.15) is 10.7 Å². The van der Waals surface area contributed by atoms with E-state index in [0.717, 1.165) is 56.2 Å². The number of hydrogen-bond donors (Lipinski definition) is 4. The maximum absolute atomic E-state index is 13.7. The number of amides is 3. The first kappa shape index (κ1) is 43.0. The average molecular weight is 716 g/mol. The standard InChI is InChI=1S/C39H65N5O5S/c1-9-12-14-15-22-44(35(46)16-13-10-2)33(28(4)5)25-34(49-38(48)40-11-3)37-43-32(27-50-37)36(47)42-31(26-39(6,7)8)24-29-17-19-30(20-18-29)41-21-23-45/h17-20,27-28,31,33-34,41,45H,9-16,21-26H2,1-8H3,(H,40,48)(H,42,47). The van der Waals surface area contributed by atoms with Crippen molar-refractivity contribution in [2.75, 3.05) is 31.6 Å². The molecule has 50 heavy (non-hydrogen) atoms. The van der Waals surface area contributed by atoms with Crippen molar-refractivity contribution in [3.05, 3.63) is 45.9 Å². The van der Waals surface area contributed by atoms with E-state index in [-0.39, 0.29) is 47.5 Å². The lowest BCUT2D eigenvalue weighted by atomic mass is 9.85. The van der Waals surface area contributed by atoms with Gasteiger partial charge in [-0.2, -0.15) is 0 Å². The molecule has 0 saturated carbocycles. The second-order valence-electron chi connectivity index (χ2n) is 14.8. The third kappa shape index (κ3) is 15.8. The highest BCUT2D eigenvalue weighted by atomic mass is 32.1. The van der Waals surface area contributed by atoms with E-state index in [0.29, 0.717) is 43.9 Å². The van der Waals surface area contributed by atoms with Crippen LogP contribution in [-0.4, -0.2) is 71.2 Å². The van der Waals surface area contributed by atoms with E-state index < -0.39 is 12.2 Å². The Morgan fingerprint density at radius 2 is 1.70 bits per heavy atom. The summed E-state index contributed by atoms with van der Waals surface area (Å²) in [6.45, 7) is 18.4. The van der Waals surface area contributed by atoms with Crippen LogP contribution in [0.2, 0.25) is 0 Å². The zero-order valence-electron chi connectivity index (χ0n) is 32.0. The minimum Gasteiger partial charge on any atom is -0.439 e. The van der Waals surface area contributed by atoms with E-state index in [2.05, 4.69) is 64.4 Å². The Labute approximate surface area is 305 Å². The number of nitrogens with zero attached hydrogens (tertiary/aromatic N) is 2. The SMILES string of the molecule is CCCCCCN(C(=O)CCCC)C(CC(OC(=O)NCC)c1nc(C(=O)NC(Cc2ccc(NCCO)cc2)CC(C)(C)C)cs1)C(C)C. The zero-order valence-corrected chi connectivity index (χ0v) is 32.8. The van der Waals surface area contributed by atoms with Gasteiger partial charge in [-0.25, -0.2) is 9.78 Å². The molecular weight excluding hydrogens is 651 g/mol. The van der Waals surface area contributed by atoms with Crippen LogP contribution < -0.4 is 16.0 Å². The maximum Gasteiger partial charge on any atom is 0.407 e. The van der Waals surface area contributed by atoms with Gasteiger partial charge in [-0.15, -0.1) is 11.3 Å². The summed E-state index contributed by atoms with van der Waals surface area (Å²) < 4.78 is 5.97. The van der Waals surface area contributed by atoms with E-state index in [4.69, 9.17) is 14.8 Å². The smallest absolute Gasteiger partial charge is 0.407 e. The maximum atomic E-state index is 13.7. The molecule has 2 aromatic rings. The molecule has 3 atom stereocenters. The molecule has 3 amide bonds. The van der Waals surface area contributed by atoms with Crippen LogP contribution in [0.1, 0.15) is 140 Å². The summed E-state index contributed by atoms with van der Waals surface area (Å²) in [5.41, 5.74) is 2.29. The number of anilines is 1. The van der Waals surface area contributed by atoms with Gasteiger partial charge in [0.05, 0.1) is 6.61 Å². The van der Waals surface area contributed by atoms with Crippen molar-refractivity contribution in [2.45, 2.75) is 138 Å². The molecule has 0 fully saturated rings. The van der Waals surface area contributed by atoms with E-state index in [1.807, 2.05) is 36.1 Å². The molecule has 0 saturated heterocycles. The Bertz CT molecular complexity index is 1280. The summed E-state index contributed by atoms with van der Waals surface area (Å²) in [6.07, 6.45) is 7.06. The number of aliphatic hydroxyl groups is 1. The molecule has 0 aliphatic rings. The van der Waals surface area contributed by atoms with Crippen molar-refractivity contribution in [1.29, 1.82) is 0 Å². The monoisotopic (exact) mass is 715 g/mol. The van der Waals surface area contributed by atoms with Crippen LogP contribution in [0.5, 0.6) is 0 Å². The molecule has 10 nitrogen and oxygen atoms in total. The lowest BCUT2D eigenvalue weighted by Crippen LogP contribution is -2.45. The normalized spacial score (nSPS) is 13.4. The summed E-state index contributed by atoms with van der Waals surface area (Å²) in [4.78, 5) is 46.8. The molecule has 0 aliphatic carbocycles. The van der Waals surface area contributed by atoms with E-state index in [1.54, 1.807) is 5.38 Å². The number of carbonyl (C=O) groups excluding carboxylic acids is 3. The molecule has 0 aliphatic heterocycles.